The fourth-order valence-corrected chi connectivity index (χ4v) is 3.65. The van der Waals surface area contributed by atoms with Crippen LogP contribution in [0.3, 0.4) is 0 Å². The summed E-state index contributed by atoms with van der Waals surface area (Å²) in [5, 5.41) is 10.1. The maximum Gasteiger partial charge on any atom is 0.218 e. The Kier molecular flexibility index (Phi) is 3.68. The Labute approximate surface area is 112 Å². The molecule has 0 saturated carbocycles. The molecule has 1 heterocycles. The first-order valence-corrected chi connectivity index (χ1v) is 7.78. The lowest BCUT2D eigenvalue weighted by atomic mass is 9.85. The number of aliphatic hydroxyl groups is 1. The number of benzene rings is 1. The van der Waals surface area contributed by atoms with Gasteiger partial charge in [-0.2, -0.15) is 4.31 Å². The molecule has 0 atom stereocenters. The summed E-state index contributed by atoms with van der Waals surface area (Å²) in [5.41, 5.74) is -0.378. The van der Waals surface area contributed by atoms with Crippen LogP contribution < -0.4 is 0 Å². The van der Waals surface area contributed by atoms with E-state index < -0.39 is 15.6 Å². The number of hydrogen-bond donors (Lipinski definition) is 1. The van der Waals surface area contributed by atoms with Crippen LogP contribution in [0, 0.1) is 11.7 Å². The van der Waals surface area contributed by atoms with Crippen molar-refractivity contribution in [3.8, 4) is 0 Å². The summed E-state index contributed by atoms with van der Waals surface area (Å²) in [6, 6.07) is 5.40. The topological polar surface area (TPSA) is 57.6 Å². The summed E-state index contributed by atoms with van der Waals surface area (Å²) in [6.07, 6.45) is 0. The second-order valence-electron chi connectivity index (χ2n) is 5.41. The first-order valence-electron chi connectivity index (χ1n) is 6.18. The molecule has 0 radical (unpaired) electrons. The van der Waals surface area contributed by atoms with Crippen molar-refractivity contribution < 1.29 is 17.9 Å². The van der Waals surface area contributed by atoms with Crippen LogP contribution in [-0.2, 0) is 15.8 Å². The molecule has 0 unspecified atom stereocenters. The first kappa shape index (κ1) is 14.4. The van der Waals surface area contributed by atoms with Crippen LogP contribution in [0.4, 0.5) is 4.39 Å². The molecule has 1 aromatic rings. The Bertz CT molecular complexity index is 548. The molecule has 6 heteroatoms. The van der Waals surface area contributed by atoms with Crippen molar-refractivity contribution in [3.63, 3.8) is 0 Å². The second-order valence-corrected chi connectivity index (χ2v) is 7.38. The van der Waals surface area contributed by atoms with Crippen LogP contribution >= 0.6 is 0 Å². The van der Waals surface area contributed by atoms with Gasteiger partial charge in [0, 0.05) is 13.1 Å². The molecule has 0 bridgehead atoms. The molecule has 0 aromatic heterocycles. The maximum absolute atomic E-state index is 12.8. The van der Waals surface area contributed by atoms with Gasteiger partial charge >= 0.3 is 0 Å². The van der Waals surface area contributed by atoms with Crippen LogP contribution in [0.25, 0.3) is 0 Å². The Morgan fingerprint density at radius 1 is 1.32 bits per heavy atom. The molecule has 0 spiro atoms. The summed E-state index contributed by atoms with van der Waals surface area (Å²) >= 11 is 0. The second kappa shape index (κ2) is 4.85. The highest BCUT2D eigenvalue weighted by Crippen LogP contribution is 2.31. The average Bonchev–Trinajstić information content (AvgIpc) is 2.27. The molecular weight excluding hydrogens is 269 g/mol. The molecule has 106 valence electrons. The first-order chi connectivity index (χ1) is 8.73. The summed E-state index contributed by atoms with van der Waals surface area (Å²) in [6.45, 7) is 4.00. The van der Waals surface area contributed by atoms with Crippen molar-refractivity contribution in [3.05, 3.63) is 35.6 Å². The van der Waals surface area contributed by atoms with E-state index >= 15 is 0 Å². The van der Waals surface area contributed by atoms with Crippen molar-refractivity contribution in [1.82, 2.24) is 4.31 Å². The highest BCUT2D eigenvalue weighted by Gasteiger charge is 2.48. The highest BCUT2D eigenvalue weighted by atomic mass is 32.2. The zero-order valence-electron chi connectivity index (χ0n) is 11.0. The highest BCUT2D eigenvalue weighted by molar-refractivity contribution is 7.88. The van der Waals surface area contributed by atoms with E-state index in [1.165, 1.54) is 28.6 Å². The Morgan fingerprint density at radius 3 is 2.32 bits per heavy atom. The predicted molar refractivity (Wildman–Crippen MR) is 70.4 cm³/mol. The van der Waals surface area contributed by atoms with Crippen LogP contribution in [-0.4, -0.2) is 36.5 Å². The van der Waals surface area contributed by atoms with E-state index in [-0.39, 0.29) is 30.6 Å². The van der Waals surface area contributed by atoms with E-state index in [0.29, 0.717) is 5.56 Å². The standard InChI is InChI=1S/C13H18FNO3S/c1-10(2)13(16)8-15(9-13)19(17,18)7-11-3-5-12(14)6-4-11/h3-6,10,16H,7-9H2,1-2H3. The third kappa shape index (κ3) is 2.96. The summed E-state index contributed by atoms with van der Waals surface area (Å²) < 4.78 is 38.2. The van der Waals surface area contributed by atoms with E-state index in [0.717, 1.165) is 0 Å². The molecule has 2 rings (SSSR count). The smallest absolute Gasteiger partial charge is 0.218 e. The molecule has 1 fully saturated rings. The third-order valence-electron chi connectivity index (χ3n) is 3.63. The van der Waals surface area contributed by atoms with Gasteiger partial charge in [0.15, 0.2) is 0 Å². The van der Waals surface area contributed by atoms with Gasteiger partial charge in [0.2, 0.25) is 10.0 Å². The number of halogens is 1. The molecule has 1 aliphatic heterocycles. The van der Waals surface area contributed by atoms with Crippen molar-refractivity contribution in [2.75, 3.05) is 13.1 Å². The molecule has 1 aromatic carbocycles. The summed E-state index contributed by atoms with van der Waals surface area (Å²) in [5.74, 6) is -0.536. The van der Waals surface area contributed by atoms with E-state index in [4.69, 9.17) is 0 Å². The molecule has 0 aliphatic carbocycles. The molecule has 19 heavy (non-hydrogen) atoms. The van der Waals surface area contributed by atoms with Crippen LogP contribution in [0.1, 0.15) is 19.4 Å². The Balaban J connectivity index is 2.03. The van der Waals surface area contributed by atoms with Crippen molar-refractivity contribution >= 4 is 10.0 Å². The molecule has 1 aliphatic rings. The van der Waals surface area contributed by atoms with E-state index in [9.17, 15) is 17.9 Å². The van der Waals surface area contributed by atoms with Gasteiger partial charge in [-0.25, -0.2) is 12.8 Å². The number of β-amino-alcohol motifs (C(OH)–C–C–N with tert-alkyl or cyclic N) is 1. The average molecular weight is 287 g/mol. The van der Waals surface area contributed by atoms with Gasteiger partial charge in [-0.05, 0) is 23.6 Å². The number of nitrogens with zero attached hydrogens (tertiary/aromatic N) is 1. The zero-order chi connectivity index (χ0) is 14.3. The van der Waals surface area contributed by atoms with Crippen molar-refractivity contribution in [2.24, 2.45) is 5.92 Å². The van der Waals surface area contributed by atoms with Gasteiger partial charge in [-0.15, -0.1) is 0 Å². The van der Waals surface area contributed by atoms with Gasteiger partial charge in [-0.3, -0.25) is 0 Å². The number of rotatable bonds is 4. The fraction of sp³-hybridized carbons (Fsp3) is 0.538. The van der Waals surface area contributed by atoms with Gasteiger partial charge in [0.1, 0.15) is 5.82 Å². The minimum atomic E-state index is -3.44. The minimum Gasteiger partial charge on any atom is -0.387 e. The molecule has 1 saturated heterocycles. The minimum absolute atomic E-state index is 0.0183. The van der Waals surface area contributed by atoms with Crippen LogP contribution in [0.15, 0.2) is 24.3 Å². The van der Waals surface area contributed by atoms with Gasteiger partial charge in [0.05, 0.1) is 11.4 Å². The molecule has 4 nitrogen and oxygen atoms in total. The lowest BCUT2D eigenvalue weighted by Crippen LogP contribution is -2.65. The summed E-state index contributed by atoms with van der Waals surface area (Å²) in [7, 11) is -3.44. The monoisotopic (exact) mass is 287 g/mol. The number of hydrogen-bond acceptors (Lipinski definition) is 3. The van der Waals surface area contributed by atoms with Crippen LogP contribution in [0.5, 0.6) is 0 Å². The lowest BCUT2D eigenvalue weighted by Gasteiger charge is -2.47. The Hall–Kier alpha value is -0.980. The van der Waals surface area contributed by atoms with E-state index in [2.05, 4.69) is 0 Å². The number of sulfonamides is 1. The maximum atomic E-state index is 12.8. The van der Waals surface area contributed by atoms with Crippen molar-refractivity contribution in [1.29, 1.82) is 0 Å². The fourth-order valence-electron chi connectivity index (χ4n) is 2.01. The largest absolute Gasteiger partial charge is 0.387 e. The molecular formula is C13H18FNO3S. The van der Waals surface area contributed by atoms with Gasteiger partial charge < -0.3 is 5.11 Å². The van der Waals surface area contributed by atoms with Gasteiger partial charge in [-0.1, -0.05) is 26.0 Å². The molecule has 0 amide bonds. The summed E-state index contributed by atoms with van der Waals surface area (Å²) in [4.78, 5) is 0. The third-order valence-corrected chi connectivity index (χ3v) is 5.37. The van der Waals surface area contributed by atoms with Crippen LogP contribution in [0.2, 0.25) is 0 Å². The SMILES string of the molecule is CC(C)C1(O)CN(S(=O)(=O)Cc2ccc(F)cc2)C1. The predicted octanol–water partition coefficient (Wildman–Crippen LogP) is 1.36. The quantitative estimate of drug-likeness (QED) is 0.909. The lowest BCUT2D eigenvalue weighted by molar-refractivity contribution is -0.0933. The zero-order valence-corrected chi connectivity index (χ0v) is 11.8. The van der Waals surface area contributed by atoms with Crippen molar-refractivity contribution in [2.45, 2.75) is 25.2 Å². The Morgan fingerprint density at radius 2 is 1.84 bits per heavy atom. The van der Waals surface area contributed by atoms with Gasteiger partial charge in [0.25, 0.3) is 0 Å². The van der Waals surface area contributed by atoms with E-state index in [1.54, 1.807) is 0 Å². The normalized spacial score (nSPS) is 19.4. The van der Waals surface area contributed by atoms with E-state index in [1.807, 2.05) is 13.8 Å². The molecule has 1 N–H and O–H groups in total.